The van der Waals surface area contributed by atoms with Crippen molar-refractivity contribution in [3.05, 3.63) is 33.8 Å². The van der Waals surface area contributed by atoms with Crippen LogP contribution in [0.2, 0.25) is 10.0 Å². The van der Waals surface area contributed by atoms with Crippen LogP contribution in [0.5, 0.6) is 0 Å². The van der Waals surface area contributed by atoms with E-state index in [4.69, 9.17) is 58.0 Å². The Morgan fingerprint density at radius 3 is 2.00 bits per heavy atom. The zero-order valence-corrected chi connectivity index (χ0v) is 11.3. The van der Waals surface area contributed by atoms with Gasteiger partial charge in [-0.05, 0) is 12.1 Å². The molecule has 0 bridgehead atoms. The second-order valence-electron chi connectivity index (χ2n) is 3.02. The van der Waals surface area contributed by atoms with E-state index in [2.05, 4.69) is 9.98 Å². The average Bonchev–Trinajstić information content (AvgIpc) is 2.41. The monoisotopic (exact) mass is 314 g/mol. The molecular formula is C9H3Cl5N2. The molecule has 0 N–H and O–H groups in total. The minimum atomic E-state index is -1.39. The summed E-state index contributed by atoms with van der Waals surface area (Å²) >= 11 is 29.4. The summed E-state index contributed by atoms with van der Waals surface area (Å²) in [5, 5.41) is -0.427. The lowest BCUT2D eigenvalue weighted by molar-refractivity contribution is 0.706. The van der Waals surface area contributed by atoms with Crippen molar-refractivity contribution >= 4 is 68.3 Å². The molecular weight excluding hydrogens is 313 g/mol. The molecule has 16 heavy (non-hydrogen) atoms. The van der Waals surface area contributed by atoms with Gasteiger partial charge >= 0.3 is 0 Å². The van der Waals surface area contributed by atoms with Crippen molar-refractivity contribution in [3.63, 3.8) is 0 Å². The van der Waals surface area contributed by atoms with Crippen molar-refractivity contribution in [2.45, 2.75) is 5.12 Å². The van der Waals surface area contributed by atoms with E-state index >= 15 is 0 Å². The van der Waals surface area contributed by atoms with Gasteiger partial charge in [0.25, 0.3) is 5.12 Å². The molecule has 0 amide bonds. The molecule has 1 aliphatic heterocycles. The molecule has 1 aromatic carbocycles. The molecule has 1 aromatic rings. The van der Waals surface area contributed by atoms with Crippen LogP contribution in [0.15, 0.2) is 28.2 Å². The fourth-order valence-corrected chi connectivity index (χ4v) is 2.58. The Balaban J connectivity index is 2.54. The predicted molar refractivity (Wildman–Crippen MR) is 70.6 cm³/mol. The molecule has 0 saturated heterocycles. The van der Waals surface area contributed by atoms with Crippen molar-refractivity contribution in [1.29, 1.82) is 0 Å². The van der Waals surface area contributed by atoms with Crippen molar-refractivity contribution in [2.75, 3.05) is 0 Å². The fraction of sp³-hybridized carbons (Fsp3) is 0.111. The van der Waals surface area contributed by atoms with Crippen LogP contribution in [-0.2, 0) is 5.12 Å². The highest BCUT2D eigenvalue weighted by atomic mass is 35.5. The standard InChI is InChI=1S/C9H3Cl5N2/c10-4-1-2-5(6(11)3-4)9(14)15-7(12)8(13)16-9/h1-3H. The summed E-state index contributed by atoms with van der Waals surface area (Å²) in [6, 6.07) is 4.82. The van der Waals surface area contributed by atoms with Crippen LogP contribution in [-0.4, -0.2) is 10.3 Å². The molecule has 0 fully saturated rings. The largest absolute Gasteiger partial charge is 0.256 e. The highest BCUT2D eigenvalue weighted by Crippen LogP contribution is 2.41. The lowest BCUT2D eigenvalue weighted by Gasteiger charge is -2.16. The number of hydrogen-bond acceptors (Lipinski definition) is 2. The van der Waals surface area contributed by atoms with E-state index in [0.717, 1.165) is 0 Å². The molecule has 0 atom stereocenters. The lowest BCUT2D eigenvalue weighted by atomic mass is 10.2. The summed E-state index contributed by atoms with van der Waals surface area (Å²) in [4.78, 5) is 7.89. The summed E-state index contributed by atoms with van der Waals surface area (Å²) in [5.41, 5.74) is 0.481. The Hall–Kier alpha value is 0.01000. The molecule has 2 rings (SSSR count). The average molecular weight is 316 g/mol. The smallest absolute Gasteiger partial charge is 0.220 e. The zero-order chi connectivity index (χ0) is 11.9. The van der Waals surface area contributed by atoms with Gasteiger partial charge in [0, 0.05) is 10.6 Å². The molecule has 0 spiro atoms. The van der Waals surface area contributed by atoms with Crippen LogP contribution >= 0.6 is 58.0 Å². The Labute approximate surface area is 117 Å². The maximum atomic E-state index is 6.17. The summed E-state index contributed by atoms with van der Waals surface area (Å²) < 4.78 is 0. The number of rotatable bonds is 1. The van der Waals surface area contributed by atoms with Crippen LogP contribution in [0.1, 0.15) is 5.56 Å². The first kappa shape index (κ1) is 12.5. The van der Waals surface area contributed by atoms with Gasteiger partial charge in [-0.3, -0.25) is 0 Å². The van der Waals surface area contributed by atoms with E-state index in [-0.39, 0.29) is 10.3 Å². The quantitative estimate of drug-likeness (QED) is 0.533. The van der Waals surface area contributed by atoms with Gasteiger partial charge in [0.05, 0.1) is 5.02 Å². The number of hydrogen-bond donors (Lipinski definition) is 0. The van der Waals surface area contributed by atoms with E-state index in [0.29, 0.717) is 15.6 Å². The van der Waals surface area contributed by atoms with Gasteiger partial charge in [-0.2, -0.15) is 0 Å². The first-order valence-electron chi connectivity index (χ1n) is 4.08. The minimum absolute atomic E-state index is 0.0580. The Morgan fingerprint density at radius 1 is 0.938 bits per heavy atom. The van der Waals surface area contributed by atoms with Gasteiger partial charge in [-0.1, -0.05) is 64.1 Å². The first-order chi connectivity index (χ1) is 7.42. The highest BCUT2D eigenvalue weighted by molar-refractivity contribution is 7.01. The number of alkyl halides is 1. The van der Waals surface area contributed by atoms with Gasteiger partial charge in [0.2, 0.25) is 0 Å². The zero-order valence-electron chi connectivity index (χ0n) is 7.52. The van der Waals surface area contributed by atoms with Gasteiger partial charge in [0.15, 0.2) is 10.3 Å². The Bertz CT molecular complexity index is 491. The van der Waals surface area contributed by atoms with E-state index in [1.165, 1.54) is 0 Å². The third kappa shape index (κ3) is 2.18. The second kappa shape index (κ2) is 4.35. The lowest BCUT2D eigenvalue weighted by Crippen LogP contribution is -2.10. The van der Waals surface area contributed by atoms with Crippen LogP contribution in [0.25, 0.3) is 0 Å². The number of benzene rings is 1. The number of nitrogens with zero attached hydrogens (tertiary/aromatic N) is 2. The van der Waals surface area contributed by atoms with Crippen LogP contribution < -0.4 is 0 Å². The molecule has 0 saturated carbocycles. The van der Waals surface area contributed by atoms with Crippen LogP contribution in [0.4, 0.5) is 0 Å². The number of aliphatic imine (C=N–C) groups is 2. The second-order valence-corrected chi connectivity index (χ2v) is 5.10. The Kier molecular flexibility index (Phi) is 3.39. The Morgan fingerprint density at radius 2 is 1.50 bits per heavy atom. The van der Waals surface area contributed by atoms with Gasteiger partial charge < -0.3 is 0 Å². The van der Waals surface area contributed by atoms with Crippen molar-refractivity contribution < 1.29 is 0 Å². The number of halogens is 5. The maximum absolute atomic E-state index is 6.17. The highest BCUT2D eigenvalue weighted by Gasteiger charge is 2.36. The predicted octanol–water partition coefficient (Wildman–Crippen LogP) is 4.63. The third-order valence-electron chi connectivity index (χ3n) is 1.94. The van der Waals surface area contributed by atoms with Crippen molar-refractivity contribution in [1.82, 2.24) is 0 Å². The van der Waals surface area contributed by atoms with Crippen molar-refractivity contribution in [3.8, 4) is 0 Å². The molecule has 1 heterocycles. The molecule has 0 unspecified atom stereocenters. The molecule has 1 aliphatic rings. The van der Waals surface area contributed by atoms with E-state index in [1.807, 2.05) is 0 Å². The molecule has 0 aliphatic carbocycles. The van der Waals surface area contributed by atoms with E-state index in [1.54, 1.807) is 18.2 Å². The summed E-state index contributed by atoms with van der Waals surface area (Å²) in [6.07, 6.45) is 0. The first-order valence-corrected chi connectivity index (χ1v) is 5.97. The van der Waals surface area contributed by atoms with Crippen LogP contribution in [0.3, 0.4) is 0 Å². The van der Waals surface area contributed by atoms with Crippen LogP contribution in [0, 0.1) is 0 Å². The fourth-order valence-electron chi connectivity index (χ4n) is 1.25. The molecule has 7 heteroatoms. The normalized spacial score (nSPS) is 18.3. The summed E-state index contributed by atoms with van der Waals surface area (Å²) in [5.74, 6) is 0. The topological polar surface area (TPSA) is 24.7 Å². The molecule has 0 aromatic heterocycles. The van der Waals surface area contributed by atoms with E-state index in [9.17, 15) is 0 Å². The minimum Gasteiger partial charge on any atom is -0.220 e. The SMILES string of the molecule is ClC1=NC(Cl)(c2ccc(Cl)cc2Cl)N=C1Cl. The van der Waals surface area contributed by atoms with E-state index < -0.39 is 5.12 Å². The summed E-state index contributed by atoms with van der Waals surface area (Å²) in [7, 11) is 0. The third-order valence-corrected chi connectivity index (χ3v) is 3.48. The van der Waals surface area contributed by atoms with Gasteiger partial charge in [-0.25, -0.2) is 9.98 Å². The molecule has 84 valence electrons. The van der Waals surface area contributed by atoms with Gasteiger partial charge in [-0.15, -0.1) is 0 Å². The van der Waals surface area contributed by atoms with Gasteiger partial charge in [0.1, 0.15) is 0 Å². The van der Waals surface area contributed by atoms with Crippen molar-refractivity contribution in [2.24, 2.45) is 9.98 Å². The molecule has 0 radical (unpaired) electrons. The summed E-state index contributed by atoms with van der Waals surface area (Å²) in [6.45, 7) is 0. The maximum Gasteiger partial charge on any atom is 0.256 e. The molecule has 2 nitrogen and oxygen atoms in total.